The van der Waals surface area contributed by atoms with Crippen LogP contribution in [0, 0.1) is 0 Å². The fourth-order valence-electron chi connectivity index (χ4n) is 1.03. The predicted octanol–water partition coefficient (Wildman–Crippen LogP) is 1.34. The van der Waals surface area contributed by atoms with Gasteiger partial charge in [-0.05, 0) is 17.7 Å². The molecule has 0 saturated carbocycles. The first-order valence-electron chi connectivity index (χ1n) is 3.89. The van der Waals surface area contributed by atoms with E-state index in [1.54, 1.807) is 25.3 Å². The van der Waals surface area contributed by atoms with Gasteiger partial charge in [-0.3, -0.25) is 0 Å². The van der Waals surface area contributed by atoms with Crippen LogP contribution in [0.15, 0.2) is 18.2 Å². The van der Waals surface area contributed by atoms with E-state index < -0.39 is 6.04 Å². The van der Waals surface area contributed by atoms with Crippen molar-refractivity contribution >= 4 is 11.6 Å². The third kappa shape index (κ3) is 2.34. The molecule has 0 aliphatic rings. The van der Waals surface area contributed by atoms with Gasteiger partial charge >= 0.3 is 0 Å². The van der Waals surface area contributed by atoms with Gasteiger partial charge in [0.15, 0.2) is 0 Å². The minimum atomic E-state index is -0.432. The van der Waals surface area contributed by atoms with Gasteiger partial charge in [0.2, 0.25) is 0 Å². The maximum absolute atomic E-state index is 8.82. The Bertz CT molecular complexity index is 291. The summed E-state index contributed by atoms with van der Waals surface area (Å²) in [4.78, 5) is 0. The topological polar surface area (TPSA) is 55.5 Å². The van der Waals surface area contributed by atoms with Gasteiger partial charge < -0.3 is 15.6 Å². The van der Waals surface area contributed by atoms with E-state index in [1.165, 1.54) is 0 Å². The lowest BCUT2D eigenvalue weighted by molar-refractivity contribution is 0.268. The van der Waals surface area contributed by atoms with Gasteiger partial charge in [0, 0.05) is 5.02 Å². The molecule has 72 valence electrons. The molecule has 3 N–H and O–H groups in total. The minimum Gasteiger partial charge on any atom is -0.497 e. The molecule has 3 nitrogen and oxygen atoms in total. The summed E-state index contributed by atoms with van der Waals surface area (Å²) in [6.07, 6.45) is 0. The standard InChI is InChI=1S/C9H12ClNO2/c1-13-6-2-3-7(8(10)4-6)9(11)5-12/h2-4,9,12H,5,11H2,1H3. The lowest BCUT2D eigenvalue weighted by Gasteiger charge is -2.11. The summed E-state index contributed by atoms with van der Waals surface area (Å²) in [5.74, 6) is 0.680. The number of aliphatic hydroxyl groups is 1. The van der Waals surface area contributed by atoms with Crippen LogP contribution in [0.2, 0.25) is 5.02 Å². The van der Waals surface area contributed by atoms with Crippen LogP contribution in [0.25, 0.3) is 0 Å². The van der Waals surface area contributed by atoms with E-state index in [9.17, 15) is 0 Å². The molecule has 4 heteroatoms. The van der Waals surface area contributed by atoms with Crippen LogP contribution in [-0.2, 0) is 0 Å². The van der Waals surface area contributed by atoms with Crippen molar-refractivity contribution in [3.05, 3.63) is 28.8 Å². The smallest absolute Gasteiger partial charge is 0.120 e. The molecule has 0 aliphatic carbocycles. The molecule has 0 radical (unpaired) electrons. The Kier molecular flexibility index (Phi) is 3.54. The largest absolute Gasteiger partial charge is 0.497 e. The van der Waals surface area contributed by atoms with Crippen molar-refractivity contribution in [2.45, 2.75) is 6.04 Å². The van der Waals surface area contributed by atoms with Gasteiger partial charge in [-0.1, -0.05) is 17.7 Å². The Morgan fingerprint density at radius 3 is 2.77 bits per heavy atom. The van der Waals surface area contributed by atoms with Crippen molar-refractivity contribution in [1.82, 2.24) is 0 Å². The second-order valence-electron chi connectivity index (χ2n) is 2.68. The van der Waals surface area contributed by atoms with Crippen molar-refractivity contribution in [2.24, 2.45) is 5.73 Å². The number of nitrogens with two attached hydrogens (primary N) is 1. The Morgan fingerprint density at radius 1 is 1.62 bits per heavy atom. The maximum atomic E-state index is 8.82. The van der Waals surface area contributed by atoms with Crippen LogP contribution in [0.4, 0.5) is 0 Å². The van der Waals surface area contributed by atoms with Crippen LogP contribution in [-0.4, -0.2) is 18.8 Å². The van der Waals surface area contributed by atoms with Gasteiger partial charge in [0.25, 0.3) is 0 Å². The van der Waals surface area contributed by atoms with Gasteiger partial charge in [0.1, 0.15) is 5.75 Å². The average molecular weight is 202 g/mol. The van der Waals surface area contributed by atoms with E-state index in [0.717, 1.165) is 5.56 Å². The minimum absolute atomic E-state index is 0.119. The van der Waals surface area contributed by atoms with Gasteiger partial charge in [0.05, 0.1) is 19.8 Å². The summed E-state index contributed by atoms with van der Waals surface area (Å²) < 4.78 is 4.98. The van der Waals surface area contributed by atoms with Crippen LogP contribution >= 0.6 is 11.6 Å². The fourth-order valence-corrected chi connectivity index (χ4v) is 1.34. The highest BCUT2D eigenvalue weighted by Crippen LogP contribution is 2.25. The van der Waals surface area contributed by atoms with Gasteiger partial charge in [-0.15, -0.1) is 0 Å². The van der Waals surface area contributed by atoms with Crippen molar-refractivity contribution in [1.29, 1.82) is 0 Å². The lowest BCUT2D eigenvalue weighted by Crippen LogP contribution is -2.14. The highest BCUT2D eigenvalue weighted by Gasteiger charge is 2.09. The zero-order valence-corrected chi connectivity index (χ0v) is 8.08. The van der Waals surface area contributed by atoms with Gasteiger partial charge in [-0.25, -0.2) is 0 Å². The molecule has 0 heterocycles. The Hall–Kier alpha value is -0.770. The average Bonchev–Trinajstić information content (AvgIpc) is 2.16. The Balaban J connectivity index is 2.98. The van der Waals surface area contributed by atoms with E-state index in [-0.39, 0.29) is 6.61 Å². The van der Waals surface area contributed by atoms with Crippen molar-refractivity contribution in [2.75, 3.05) is 13.7 Å². The SMILES string of the molecule is COc1ccc(C(N)CO)c(Cl)c1. The van der Waals surface area contributed by atoms with Crippen molar-refractivity contribution in [3.63, 3.8) is 0 Å². The summed E-state index contributed by atoms with van der Waals surface area (Å²) in [5.41, 5.74) is 6.34. The first kappa shape index (κ1) is 10.3. The summed E-state index contributed by atoms with van der Waals surface area (Å²) >= 11 is 5.91. The first-order chi connectivity index (χ1) is 6.19. The number of ether oxygens (including phenoxy) is 1. The number of methoxy groups -OCH3 is 1. The summed E-state index contributed by atoms with van der Waals surface area (Å²) in [6, 6.07) is 4.75. The first-order valence-corrected chi connectivity index (χ1v) is 4.26. The molecule has 0 fully saturated rings. The molecule has 0 aromatic heterocycles. The molecule has 1 rings (SSSR count). The molecule has 1 aromatic carbocycles. The van der Waals surface area contributed by atoms with Crippen molar-refractivity contribution < 1.29 is 9.84 Å². The Morgan fingerprint density at radius 2 is 2.31 bits per heavy atom. The fraction of sp³-hybridized carbons (Fsp3) is 0.333. The molecule has 1 aromatic rings. The normalized spacial score (nSPS) is 12.6. The number of hydrogen-bond donors (Lipinski definition) is 2. The number of halogens is 1. The van der Waals surface area contributed by atoms with Gasteiger partial charge in [-0.2, -0.15) is 0 Å². The van der Waals surface area contributed by atoms with Crippen LogP contribution in [0.3, 0.4) is 0 Å². The summed E-state index contributed by atoms with van der Waals surface area (Å²) in [7, 11) is 1.57. The zero-order chi connectivity index (χ0) is 9.84. The maximum Gasteiger partial charge on any atom is 0.120 e. The zero-order valence-electron chi connectivity index (χ0n) is 7.33. The molecule has 0 amide bonds. The van der Waals surface area contributed by atoms with E-state index >= 15 is 0 Å². The Labute approximate surface area is 82.1 Å². The second kappa shape index (κ2) is 4.46. The third-order valence-electron chi connectivity index (χ3n) is 1.80. The molecule has 1 unspecified atom stereocenters. The predicted molar refractivity (Wildman–Crippen MR) is 52.0 cm³/mol. The van der Waals surface area contributed by atoms with Crippen LogP contribution in [0.1, 0.15) is 11.6 Å². The molecule has 13 heavy (non-hydrogen) atoms. The highest BCUT2D eigenvalue weighted by atomic mass is 35.5. The van der Waals surface area contributed by atoms with Crippen LogP contribution < -0.4 is 10.5 Å². The number of rotatable bonds is 3. The number of hydrogen-bond acceptors (Lipinski definition) is 3. The summed E-state index contributed by atoms with van der Waals surface area (Å²) in [6.45, 7) is -0.119. The number of benzene rings is 1. The lowest BCUT2D eigenvalue weighted by atomic mass is 10.1. The molecular weight excluding hydrogens is 190 g/mol. The van der Waals surface area contributed by atoms with E-state index in [4.69, 9.17) is 27.2 Å². The second-order valence-corrected chi connectivity index (χ2v) is 3.08. The molecule has 0 saturated heterocycles. The van der Waals surface area contributed by atoms with E-state index in [0.29, 0.717) is 10.8 Å². The number of aliphatic hydroxyl groups excluding tert-OH is 1. The highest BCUT2D eigenvalue weighted by molar-refractivity contribution is 6.31. The molecule has 1 atom stereocenters. The molecular formula is C9H12ClNO2. The quantitative estimate of drug-likeness (QED) is 0.776. The van der Waals surface area contributed by atoms with E-state index in [2.05, 4.69) is 0 Å². The van der Waals surface area contributed by atoms with Crippen LogP contribution in [0.5, 0.6) is 5.75 Å². The van der Waals surface area contributed by atoms with E-state index in [1.807, 2.05) is 0 Å². The molecule has 0 spiro atoms. The molecule has 0 bridgehead atoms. The monoisotopic (exact) mass is 201 g/mol. The molecule has 0 aliphatic heterocycles. The third-order valence-corrected chi connectivity index (χ3v) is 2.13. The summed E-state index contributed by atoms with van der Waals surface area (Å²) in [5, 5.41) is 9.34. The van der Waals surface area contributed by atoms with Crippen molar-refractivity contribution in [3.8, 4) is 5.75 Å².